The normalized spacial score (nSPS) is 20.8. The summed E-state index contributed by atoms with van der Waals surface area (Å²) in [6.07, 6.45) is -0.817. The van der Waals surface area contributed by atoms with Crippen molar-refractivity contribution in [3.8, 4) is 0 Å². The molecule has 0 bridgehead atoms. The summed E-state index contributed by atoms with van der Waals surface area (Å²) < 4.78 is 5.21. The highest BCUT2D eigenvalue weighted by atomic mass is 35.5. The minimum atomic E-state index is -0.817. The van der Waals surface area contributed by atoms with Gasteiger partial charge in [0.15, 0.2) is 0 Å². The SMILES string of the molecule is O=C(NCC(O)c1ccccc1Cl)C1COCCN1. The van der Waals surface area contributed by atoms with Crippen LogP contribution in [0.1, 0.15) is 11.7 Å². The summed E-state index contributed by atoms with van der Waals surface area (Å²) >= 11 is 5.98. The first kappa shape index (κ1) is 14.3. The zero-order valence-corrected chi connectivity index (χ0v) is 11.2. The van der Waals surface area contributed by atoms with Gasteiger partial charge in [0.05, 0.1) is 19.3 Å². The first-order chi connectivity index (χ1) is 9.18. The summed E-state index contributed by atoms with van der Waals surface area (Å²) in [6.45, 7) is 1.76. The molecule has 1 fully saturated rings. The monoisotopic (exact) mass is 284 g/mol. The molecule has 3 N–H and O–H groups in total. The maximum absolute atomic E-state index is 11.8. The second-order valence-electron chi connectivity index (χ2n) is 4.36. The number of carbonyl (C=O) groups excluding carboxylic acids is 1. The number of nitrogens with one attached hydrogen (secondary N) is 2. The van der Waals surface area contributed by atoms with E-state index in [-0.39, 0.29) is 18.5 Å². The van der Waals surface area contributed by atoms with Crippen LogP contribution in [0.25, 0.3) is 0 Å². The van der Waals surface area contributed by atoms with Gasteiger partial charge in [-0.15, -0.1) is 0 Å². The lowest BCUT2D eigenvalue weighted by Crippen LogP contribution is -2.51. The van der Waals surface area contributed by atoms with Crippen molar-refractivity contribution in [2.24, 2.45) is 0 Å². The molecular weight excluding hydrogens is 268 g/mol. The molecule has 1 aromatic rings. The highest BCUT2D eigenvalue weighted by molar-refractivity contribution is 6.31. The summed E-state index contributed by atoms with van der Waals surface area (Å²) in [7, 11) is 0. The van der Waals surface area contributed by atoms with E-state index in [4.69, 9.17) is 16.3 Å². The lowest BCUT2D eigenvalue weighted by atomic mass is 10.1. The third-order valence-corrected chi connectivity index (χ3v) is 3.32. The first-order valence-electron chi connectivity index (χ1n) is 6.20. The standard InChI is InChI=1S/C13H17ClN2O3/c14-10-4-2-1-3-9(10)12(17)7-16-13(18)11-8-19-6-5-15-11/h1-4,11-12,15,17H,5-8H2,(H,16,18). The van der Waals surface area contributed by atoms with Crippen LogP contribution in [-0.2, 0) is 9.53 Å². The molecule has 2 atom stereocenters. The third-order valence-electron chi connectivity index (χ3n) is 2.97. The van der Waals surface area contributed by atoms with Crippen LogP contribution in [0.4, 0.5) is 0 Å². The van der Waals surface area contributed by atoms with E-state index in [2.05, 4.69) is 10.6 Å². The molecular formula is C13H17ClN2O3. The van der Waals surface area contributed by atoms with Crippen LogP contribution in [0.15, 0.2) is 24.3 Å². The molecule has 1 saturated heterocycles. The van der Waals surface area contributed by atoms with E-state index in [1.165, 1.54) is 0 Å². The Morgan fingerprint density at radius 2 is 2.37 bits per heavy atom. The molecule has 0 aromatic heterocycles. The van der Waals surface area contributed by atoms with Crippen molar-refractivity contribution in [2.75, 3.05) is 26.3 Å². The van der Waals surface area contributed by atoms with Gasteiger partial charge in [-0.3, -0.25) is 4.79 Å². The Bertz CT molecular complexity index is 436. The van der Waals surface area contributed by atoms with Gasteiger partial charge in [-0.1, -0.05) is 29.8 Å². The minimum Gasteiger partial charge on any atom is -0.387 e. The molecule has 2 unspecified atom stereocenters. The van der Waals surface area contributed by atoms with Gasteiger partial charge < -0.3 is 20.5 Å². The van der Waals surface area contributed by atoms with Crippen LogP contribution in [0, 0.1) is 0 Å². The number of aliphatic hydroxyl groups is 1. The van der Waals surface area contributed by atoms with Crippen molar-refractivity contribution in [1.29, 1.82) is 0 Å². The smallest absolute Gasteiger partial charge is 0.239 e. The largest absolute Gasteiger partial charge is 0.387 e. The van der Waals surface area contributed by atoms with Gasteiger partial charge in [-0.25, -0.2) is 0 Å². The Morgan fingerprint density at radius 3 is 3.05 bits per heavy atom. The molecule has 6 heteroatoms. The molecule has 2 rings (SSSR count). The van der Waals surface area contributed by atoms with E-state index in [1.807, 2.05) is 0 Å². The van der Waals surface area contributed by atoms with E-state index >= 15 is 0 Å². The van der Waals surface area contributed by atoms with Gasteiger partial charge in [-0.2, -0.15) is 0 Å². The van der Waals surface area contributed by atoms with Crippen molar-refractivity contribution in [1.82, 2.24) is 10.6 Å². The van der Waals surface area contributed by atoms with E-state index < -0.39 is 6.10 Å². The Kier molecular flexibility index (Phi) is 5.15. The number of aliphatic hydroxyl groups excluding tert-OH is 1. The van der Waals surface area contributed by atoms with Gasteiger partial charge in [0.25, 0.3) is 0 Å². The fourth-order valence-corrected chi connectivity index (χ4v) is 2.17. The van der Waals surface area contributed by atoms with Gasteiger partial charge in [-0.05, 0) is 6.07 Å². The molecule has 1 aliphatic rings. The van der Waals surface area contributed by atoms with Gasteiger partial charge in [0, 0.05) is 23.7 Å². The molecule has 19 heavy (non-hydrogen) atoms. The second kappa shape index (κ2) is 6.86. The number of carbonyl (C=O) groups is 1. The van der Waals surface area contributed by atoms with Crippen LogP contribution in [-0.4, -0.2) is 43.4 Å². The van der Waals surface area contributed by atoms with Gasteiger partial charge in [0.2, 0.25) is 5.91 Å². The molecule has 0 aliphatic carbocycles. The predicted octanol–water partition coefficient (Wildman–Crippen LogP) is 0.478. The van der Waals surface area contributed by atoms with Crippen molar-refractivity contribution >= 4 is 17.5 Å². The summed E-state index contributed by atoms with van der Waals surface area (Å²) in [5, 5.41) is 16.2. The van der Waals surface area contributed by atoms with Crippen LogP contribution >= 0.6 is 11.6 Å². The molecule has 1 aromatic carbocycles. The highest BCUT2D eigenvalue weighted by Crippen LogP contribution is 2.21. The molecule has 0 radical (unpaired) electrons. The Morgan fingerprint density at radius 1 is 1.58 bits per heavy atom. The van der Waals surface area contributed by atoms with E-state index in [0.29, 0.717) is 30.3 Å². The van der Waals surface area contributed by atoms with Crippen molar-refractivity contribution in [3.63, 3.8) is 0 Å². The number of hydrogen-bond acceptors (Lipinski definition) is 4. The topological polar surface area (TPSA) is 70.6 Å². The highest BCUT2D eigenvalue weighted by Gasteiger charge is 2.22. The third kappa shape index (κ3) is 3.91. The fraction of sp³-hybridized carbons (Fsp3) is 0.462. The van der Waals surface area contributed by atoms with Crippen molar-refractivity contribution < 1.29 is 14.6 Å². The number of halogens is 1. The zero-order valence-electron chi connectivity index (χ0n) is 10.4. The summed E-state index contributed by atoms with van der Waals surface area (Å²) in [6, 6.07) is 6.68. The Hall–Kier alpha value is -1.14. The minimum absolute atomic E-state index is 0.126. The van der Waals surface area contributed by atoms with Crippen LogP contribution in [0.3, 0.4) is 0 Å². The molecule has 1 aliphatic heterocycles. The fourth-order valence-electron chi connectivity index (χ4n) is 1.91. The molecule has 1 amide bonds. The number of benzene rings is 1. The lowest BCUT2D eigenvalue weighted by molar-refractivity contribution is -0.126. The summed E-state index contributed by atoms with van der Waals surface area (Å²) in [5.41, 5.74) is 0.609. The zero-order chi connectivity index (χ0) is 13.7. The number of hydrogen-bond donors (Lipinski definition) is 3. The number of rotatable bonds is 4. The first-order valence-corrected chi connectivity index (χ1v) is 6.57. The van der Waals surface area contributed by atoms with E-state index in [9.17, 15) is 9.90 Å². The van der Waals surface area contributed by atoms with Crippen molar-refractivity contribution in [3.05, 3.63) is 34.9 Å². The number of amides is 1. The molecule has 104 valence electrons. The van der Waals surface area contributed by atoms with E-state index in [1.54, 1.807) is 24.3 Å². The molecule has 0 spiro atoms. The maximum Gasteiger partial charge on any atom is 0.239 e. The molecule has 0 saturated carbocycles. The maximum atomic E-state index is 11.8. The average molecular weight is 285 g/mol. The quantitative estimate of drug-likeness (QED) is 0.752. The average Bonchev–Trinajstić information content (AvgIpc) is 2.46. The van der Waals surface area contributed by atoms with Crippen LogP contribution < -0.4 is 10.6 Å². The predicted molar refractivity (Wildman–Crippen MR) is 72.0 cm³/mol. The van der Waals surface area contributed by atoms with Crippen LogP contribution in [0.5, 0.6) is 0 Å². The number of morpholine rings is 1. The van der Waals surface area contributed by atoms with Gasteiger partial charge in [0.1, 0.15) is 6.04 Å². The van der Waals surface area contributed by atoms with Crippen molar-refractivity contribution in [2.45, 2.75) is 12.1 Å². The molecule has 1 heterocycles. The Balaban J connectivity index is 1.84. The lowest BCUT2D eigenvalue weighted by Gasteiger charge is -2.23. The second-order valence-corrected chi connectivity index (χ2v) is 4.77. The summed E-state index contributed by atoms with van der Waals surface area (Å²) in [5.74, 6) is -0.175. The van der Waals surface area contributed by atoms with Crippen LogP contribution in [0.2, 0.25) is 5.02 Å². The Labute approximate surface area is 116 Å². The van der Waals surface area contributed by atoms with Gasteiger partial charge >= 0.3 is 0 Å². The van der Waals surface area contributed by atoms with E-state index in [0.717, 1.165) is 0 Å². The summed E-state index contributed by atoms with van der Waals surface area (Å²) in [4.78, 5) is 11.8. The number of ether oxygens (including phenoxy) is 1. The molecule has 5 nitrogen and oxygen atoms in total.